The first-order valence-electron chi connectivity index (χ1n) is 4.63. The van der Waals surface area contributed by atoms with E-state index in [4.69, 9.17) is 0 Å². The molecule has 0 aliphatic carbocycles. The van der Waals surface area contributed by atoms with Gasteiger partial charge >= 0.3 is 0 Å². The number of ketones is 1. The third kappa shape index (κ3) is 2.98. The standard InChI is InChI=1S/C11H15NO/c1-3-11(9(2)13)8-10-4-6-12-7-5-10/h4-7,11H,3,8H2,1-2H3. The lowest BCUT2D eigenvalue weighted by Gasteiger charge is -2.10. The monoisotopic (exact) mass is 177 g/mol. The van der Waals surface area contributed by atoms with Crippen LogP contribution in [0.3, 0.4) is 0 Å². The molecule has 1 aromatic rings. The van der Waals surface area contributed by atoms with Crippen LogP contribution in [0.15, 0.2) is 24.5 Å². The summed E-state index contributed by atoms with van der Waals surface area (Å²) in [5.74, 6) is 0.446. The maximum absolute atomic E-state index is 11.2. The zero-order valence-electron chi connectivity index (χ0n) is 8.16. The molecule has 0 fully saturated rings. The van der Waals surface area contributed by atoms with E-state index in [2.05, 4.69) is 4.98 Å². The minimum atomic E-state index is 0.169. The molecule has 0 bridgehead atoms. The van der Waals surface area contributed by atoms with E-state index in [-0.39, 0.29) is 11.7 Å². The quantitative estimate of drug-likeness (QED) is 0.706. The third-order valence-electron chi connectivity index (χ3n) is 2.30. The number of Topliss-reactive ketones (excluding diaryl/α,β-unsaturated/α-hetero) is 1. The fraction of sp³-hybridized carbons (Fsp3) is 0.455. The first kappa shape index (κ1) is 9.90. The van der Waals surface area contributed by atoms with Gasteiger partial charge in [-0.3, -0.25) is 9.78 Å². The molecule has 70 valence electrons. The second kappa shape index (κ2) is 4.75. The summed E-state index contributed by atoms with van der Waals surface area (Å²) >= 11 is 0. The van der Waals surface area contributed by atoms with E-state index >= 15 is 0 Å². The van der Waals surface area contributed by atoms with Crippen molar-refractivity contribution in [3.8, 4) is 0 Å². The van der Waals surface area contributed by atoms with E-state index < -0.39 is 0 Å². The number of aromatic nitrogens is 1. The van der Waals surface area contributed by atoms with E-state index in [1.807, 2.05) is 19.1 Å². The normalized spacial score (nSPS) is 12.5. The molecule has 1 aromatic heterocycles. The number of hydrogen-bond donors (Lipinski definition) is 0. The van der Waals surface area contributed by atoms with Crippen molar-refractivity contribution in [2.75, 3.05) is 0 Å². The van der Waals surface area contributed by atoms with E-state index in [0.717, 1.165) is 12.8 Å². The van der Waals surface area contributed by atoms with Crippen LogP contribution in [-0.2, 0) is 11.2 Å². The summed E-state index contributed by atoms with van der Waals surface area (Å²) in [6, 6.07) is 3.93. The molecular weight excluding hydrogens is 162 g/mol. The van der Waals surface area contributed by atoms with Gasteiger partial charge in [-0.25, -0.2) is 0 Å². The molecule has 0 saturated heterocycles. The molecule has 2 nitrogen and oxygen atoms in total. The van der Waals surface area contributed by atoms with Crippen molar-refractivity contribution in [3.63, 3.8) is 0 Å². The van der Waals surface area contributed by atoms with E-state index in [1.165, 1.54) is 5.56 Å². The highest BCUT2D eigenvalue weighted by atomic mass is 16.1. The van der Waals surface area contributed by atoms with Crippen LogP contribution in [0.5, 0.6) is 0 Å². The molecule has 1 atom stereocenters. The number of pyridine rings is 1. The molecule has 0 saturated carbocycles. The molecule has 0 aliphatic heterocycles. The Hall–Kier alpha value is -1.18. The van der Waals surface area contributed by atoms with Crippen LogP contribution in [0.25, 0.3) is 0 Å². The van der Waals surface area contributed by atoms with Gasteiger partial charge in [0.1, 0.15) is 5.78 Å². The Morgan fingerprint density at radius 2 is 2.08 bits per heavy atom. The number of rotatable bonds is 4. The summed E-state index contributed by atoms with van der Waals surface area (Å²) < 4.78 is 0. The summed E-state index contributed by atoms with van der Waals surface area (Å²) in [5, 5.41) is 0. The predicted octanol–water partition coefficient (Wildman–Crippen LogP) is 2.24. The van der Waals surface area contributed by atoms with Crippen LogP contribution >= 0.6 is 0 Å². The van der Waals surface area contributed by atoms with Crippen molar-refractivity contribution in [2.24, 2.45) is 5.92 Å². The third-order valence-corrected chi connectivity index (χ3v) is 2.30. The Morgan fingerprint density at radius 1 is 1.46 bits per heavy atom. The molecule has 0 aliphatic rings. The number of nitrogens with zero attached hydrogens (tertiary/aromatic N) is 1. The number of carbonyl (C=O) groups excluding carboxylic acids is 1. The van der Waals surface area contributed by atoms with Gasteiger partial charge in [0.2, 0.25) is 0 Å². The summed E-state index contributed by atoms with van der Waals surface area (Å²) in [5.41, 5.74) is 1.19. The lowest BCUT2D eigenvalue weighted by molar-refractivity contribution is -0.120. The van der Waals surface area contributed by atoms with Crippen LogP contribution in [0.2, 0.25) is 0 Å². The van der Waals surface area contributed by atoms with Crippen LogP contribution in [0, 0.1) is 5.92 Å². The Morgan fingerprint density at radius 3 is 2.54 bits per heavy atom. The molecule has 2 heteroatoms. The van der Waals surface area contributed by atoms with Crippen LogP contribution in [0.1, 0.15) is 25.8 Å². The minimum Gasteiger partial charge on any atom is -0.300 e. The molecule has 13 heavy (non-hydrogen) atoms. The molecule has 0 N–H and O–H groups in total. The first-order valence-corrected chi connectivity index (χ1v) is 4.63. The summed E-state index contributed by atoms with van der Waals surface area (Å²) in [4.78, 5) is 15.1. The highest BCUT2D eigenvalue weighted by Crippen LogP contribution is 2.12. The fourth-order valence-corrected chi connectivity index (χ4v) is 1.38. The van der Waals surface area contributed by atoms with E-state index in [9.17, 15) is 4.79 Å². The molecule has 0 spiro atoms. The summed E-state index contributed by atoms with van der Waals surface area (Å²) in [6.45, 7) is 3.71. The van der Waals surface area contributed by atoms with Crippen LogP contribution < -0.4 is 0 Å². The van der Waals surface area contributed by atoms with Crippen molar-refractivity contribution in [2.45, 2.75) is 26.7 Å². The Kier molecular flexibility index (Phi) is 3.62. The van der Waals surface area contributed by atoms with Gasteiger partial charge in [0.25, 0.3) is 0 Å². The summed E-state index contributed by atoms with van der Waals surface area (Å²) in [7, 11) is 0. The number of carbonyl (C=O) groups is 1. The molecule has 1 heterocycles. The fourth-order valence-electron chi connectivity index (χ4n) is 1.38. The maximum atomic E-state index is 11.2. The van der Waals surface area contributed by atoms with Crippen LogP contribution in [-0.4, -0.2) is 10.8 Å². The van der Waals surface area contributed by atoms with E-state index in [1.54, 1.807) is 19.3 Å². The van der Waals surface area contributed by atoms with Crippen LogP contribution in [0.4, 0.5) is 0 Å². The molecule has 1 rings (SSSR count). The average Bonchev–Trinajstić information content (AvgIpc) is 2.15. The minimum absolute atomic E-state index is 0.169. The smallest absolute Gasteiger partial charge is 0.133 e. The largest absolute Gasteiger partial charge is 0.300 e. The van der Waals surface area contributed by atoms with Gasteiger partial charge < -0.3 is 0 Å². The summed E-state index contributed by atoms with van der Waals surface area (Å²) in [6.07, 6.45) is 5.29. The molecule has 0 amide bonds. The van der Waals surface area contributed by atoms with Crippen molar-refractivity contribution >= 4 is 5.78 Å². The zero-order chi connectivity index (χ0) is 9.68. The lowest BCUT2D eigenvalue weighted by atomic mass is 9.94. The maximum Gasteiger partial charge on any atom is 0.133 e. The topological polar surface area (TPSA) is 30.0 Å². The average molecular weight is 177 g/mol. The predicted molar refractivity (Wildman–Crippen MR) is 52.4 cm³/mol. The highest BCUT2D eigenvalue weighted by Gasteiger charge is 2.11. The van der Waals surface area contributed by atoms with Crippen molar-refractivity contribution in [3.05, 3.63) is 30.1 Å². The van der Waals surface area contributed by atoms with Gasteiger partial charge in [0, 0.05) is 18.3 Å². The van der Waals surface area contributed by atoms with Gasteiger partial charge in [0.15, 0.2) is 0 Å². The Bertz CT molecular complexity index is 269. The molecule has 1 unspecified atom stereocenters. The van der Waals surface area contributed by atoms with Crippen molar-refractivity contribution in [1.29, 1.82) is 0 Å². The first-order chi connectivity index (χ1) is 6.24. The van der Waals surface area contributed by atoms with Crippen molar-refractivity contribution < 1.29 is 4.79 Å². The second-order valence-electron chi connectivity index (χ2n) is 3.28. The van der Waals surface area contributed by atoms with Gasteiger partial charge in [-0.2, -0.15) is 0 Å². The van der Waals surface area contributed by atoms with Gasteiger partial charge in [-0.05, 0) is 37.5 Å². The SMILES string of the molecule is CCC(Cc1ccncc1)C(C)=O. The highest BCUT2D eigenvalue weighted by molar-refractivity contribution is 5.78. The van der Waals surface area contributed by atoms with Crippen molar-refractivity contribution in [1.82, 2.24) is 4.98 Å². The molecular formula is C11H15NO. The number of hydrogen-bond acceptors (Lipinski definition) is 2. The van der Waals surface area contributed by atoms with Gasteiger partial charge in [-0.15, -0.1) is 0 Å². The Labute approximate surface area is 79.0 Å². The zero-order valence-corrected chi connectivity index (χ0v) is 8.16. The Balaban J connectivity index is 2.62. The lowest BCUT2D eigenvalue weighted by Crippen LogP contribution is -2.12. The van der Waals surface area contributed by atoms with E-state index in [0.29, 0.717) is 0 Å². The molecule has 0 aromatic carbocycles. The molecule has 0 radical (unpaired) electrons. The van der Waals surface area contributed by atoms with Gasteiger partial charge in [-0.1, -0.05) is 6.92 Å². The second-order valence-corrected chi connectivity index (χ2v) is 3.28. The van der Waals surface area contributed by atoms with Gasteiger partial charge in [0.05, 0.1) is 0 Å².